The van der Waals surface area contributed by atoms with E-state index in [9.17, 15) is 9.59 Å². The molecule has 0 bridgehead atoms. The molecule has 2 fully saturated rings. The first-order chi connectivity index (χ1) is 8.58. The second-order valence-corrected chi connectivity index (χ2v) is 5.37. The summed E-state index contributed by atoms with van der Waals surface area (Å²) in [7, 11) is 0. The van der Waals surface area contributed by atoms with Gasteiger partial charge in [0.2, 0.25) is 5.91 Å². The molecule has 1 heterocycles. The summed E-state index contributed by atoms with van der Waals surface area (Å²) < 4.78 is 5.39. The fourth-order valence-electron chi connectivity index (χ4n) is 2.87. The molecule has 5 nitrogen and oxygen atoms in total. The largest absolute Gasteiger partial charge is 0.481 e. The number of carbonyl (C=O) groups excluding carboxylic acids is 1. The lowest BCUT2D eigenvalue weighted by Gasteiger charge is -2.28. The molecule has 102 valence electrons. The number of rotatable bonds is 3. The number of ether oxygens (including phenoxy) is 1. The fraction of sp³-hybridized carbons (Fsp3) is 0.846. The van der Waals surface area contributed by atoms with E-state index >= 15 is 0 Å². The minimum Gasteiger partial charge on any atom is -0.481 e. The number of nitrogens with one attached hydrogen (secondary N) is 1. The number of hydrogen-bond acceptors (Lipinski definition) is 3. The average Bonchev–Trinajstić information content (AvgIpc) is 2.76. The third-order valence-corrected chi connectivity index (χ3v) is 4.14. The van der Waals surface area contributed by atoms with Crippen LogP contribution in [0.25, 0.3) is 0 Å². The van der Waals surface area contributed by atoms with Gasteiger partial charge in [0.25, 0.3) is 0 Å². The van der Waals surface area contributed by atoms with E-state index in [1.54, 1.807) is 0 Å². The highest BCUT2D eigenvalue weighted by Gasteiger charge is 2.33. The van der Waals surface area contributed by atoms with Gasteiger partial charge in [0.15, 0.2) is 0 Å². The highest BCUT2D eigenvalue weighted by atomic mass is 16.5. The van der Waals surface area contributed by atoms with Crippen LogP contribution in [0, 0.1) is 11.8 Å². The first kappa shape index (κ1) is 13.3. The lowest BCUT2D eigenvalue weighted by atomic mass is 9.86. The van der Waals surface area contributed by atoms with E-state index in [0.717, 1.165) is 19.3 Å². The molecule has 5 heteroatoms. The molecular formula is C13H21NO4. The molecule has 1 saturated carbocycles. The summed E-state index contributed by atoms with van der Waals surface area (Å²) in [6.07, 6.45) is 3.65. The van der Waals surface area contributed by atoms with Crippen molar-refractivity contribution in [2.45, 2.75) is 51.2 Å². The van der Waals surface area contributed by atoms with Crippen molar-refractivity contribution in [3.05, 3.63) is 0 Å². The van der Waals surface area contributed by atoms with Gasteiger partial charge in [-0.25, -0.2) is 0 Å². The highest BCUT2D eigenvalue weighted by molar-refractivity contribution is 5.79. The maximum Gasteiger partial charge on any atom is 0.306 e. The number of carboxylic acid groups (broad SMARTS) is 1. The van der Waals surface area contributed by atoms with Crippen LogP contribution in [0.15, 0.2) is 0 Å². The SMILES string of the molecule is CC1OCCC1C(=O)NC1CCC(C(=O)O)CC1. The Kier molecular flexibility index (Phi) is 4.22. The Balaban J connectivity index is 1.77. The van der Waals surface area contributed by atoms with E-state index in [1.807, 2.05) is 6.92 Å². The van der Waals surface area contributed by atoms with E-state index in [2.05, 4.69) is 5.32 Å². The molecule has 0 aromatic rings. The zero-order valence-electron chi connectivity index (χ0n) is 10.7. The van der Waals surface area contributed by atoms with Crippen LogP contribution in [0.3, 0.4) is 0 Å². The number of aliphatic carboxylic acids is 1. The van der Waals surface area contributed by atoms with E-state index in [1.165, 1.54) is 0 Å². The first-order valence-corrected chi connectivity index (χ1v) is 6.72. The van der Waals surface area contributed by atoms with Gasteiger partial charge in [-0.2, -0.15) is 0 Å². The second-order valence-electron chi connectivity index (χ2n) is 5.37. The number of carbonyl (C=O) groups is 2. The summed E-state index contributed by atoms with van der Waals surface area (Å²) in [5, 5.41) is 11.9. The third kappa shape index (κ3) is 3.02. The maximum atomic E-state index is 12.0. The molecule has 1 saturated heterocycles. The molecule has 2 N–H and O–H groups in total. The fourth-order valence-corrected chi connectivity index (χ4v) is 2.87. The van der Waals surface area contributed by atoms with Gasteiger partial charge in [-0.3, -0.25) is 9.59 Å². The molecule has 1 aliphatic carbocycles. The zero-order chi connectivity index (χ0) is 13.1. The van der Waals surface area contributed by atoms with Crippen molar-refractivity contribution in [2.24, 2.45) is 11.8 Å². The molecule has 1 amide bonds. The van der Waals surface area contributed by atoms with Crippen LogP contribution in [0.2, 0.25) is 0 Å². The number of hydrogen-bond donors (Lipinski definition) is 2. The highest BCUT2D eigenvalue weighted by Crippen LogP contribution is 2.26. The minimum atomic E-state index is -0.711. The minimum absolute atomic E-state index is 0.000332. The summed E-state index contributed by atoms with van der Waals surface area (Å²) in [6, 6.07) is 0.140. The third-order valence-electron chi connectivity index (χ3n) is 4.14. The second kappa shape index (κ2) is 5.69. The van der Waals surface area contributed by atoms with Gasteiger partial charge < -0.3 is 15.2 Å². The number of carboxylic acids is 1. The monoisotopic (exact) mass is 255 g/mol. The van der Waals surface area contributed by atoms with Crippen molar-refractivity contribution < 1.29 is 19.4 Å². The molecule has 2 rings (SSSR count). The van der Waals surface area contributed by atoms with Gasteiger partial charge >= 0.3 is 5.97 Å². The van der Waals surface area contributed by atoms with Crippen molar-refractivity contribution in [2.75, 3.05) is 6.61 Å². The Morgan fingerprint density at radius 1 is 1.17 bits per heavy atom. The van der Waals surface area contributed by atoms with Gasteiger partial charge in [0, 0.05) is 12.6 Å². The van der Waals surface area contributed by atoms with Gasteiger partial charge in [-0.1, -0.05) is 0 Å². The topological polar surface area (TPSA) is 75.6 Å². The summed E-state index contributed by atoms with van der Waals surface area (Å²) in [4.78, 5) is 22.9. The molecule has 0 radical (unpaired) electrons. The molecule has 2 aliphatic rings. The van der Waals surface area contributed by atoms with Gasteiger partial charge in [-0.05, 0) is 39.0 Å². The Labute approximate surface area is 107 Å². The van der Waals surface area contributed by atoms with Gasteiger partial charge in [0.05, 0.1) is 17.9 Å². The van der Waals surface area contributed by atoms with E-state index in [4.69, 9.17) is 9.84 Å². The lowest BCUT2D eigenvalue weighted by Crippen LogP contribution is -2.43. The summed E-state index contributed by atoms with van der Waals surface area (Å²) in [5.74, 6) is -0.912. The summed E-state index contributed by atoms with van der Waals surface area (Å²) >= 11 is 0. The van der Waals surface area contributed by atoms with Gasteiger partial charge in [-0.15, -0.1) is 0 Å². The number of amides is 1. The van der Waals surface area contributed by atoms with Crippen LogP contribution in [-0.2, 0) is 14.3 Å². The van der Waals surface area contributed by atoms with E-state index < -0.39 is 5.97 Å². The van der Waals surface area contributed by atoms with Crippen molar-refractivity contribution in [3.63, 3.8) is 0 Å². The predicted octanol–water partition coefficient (Wildman–Crippen LogP) is 1.17. The van der Waals surface area contributed by atoms with Crippen molar-refractivity contribution >= 4 is 11.9 Å². The maximum absolute atomic E-state index is 12.0. The van der Waals surface area contributed by atoms with E-state index in [0.29, 0.717) is 19.4 Å². The average molecular weight is 255 g/mol. The van der Waals surface area contributed by atoms with Crippen LogP contribution >= 0.6 is 0 Å². The lowest BCUT2D eigenvalue weighted by molar-refractivity contribution is -0.142. The van der Waals surface area contributed by atoms with Crippen LogP contribution in [0.4, 0.5) is 0 Å². The Morgan fingerprint density at radius 3 is 2.33 bits per heavy atom. The molecular weight excluding hydrogens is 234 g/mol. The standard InChI is InChI=1S/C13H21NO4/c1-8-11(6-7-18-8)12(15)14-10-4-2-9(3-5-10)13(16)17/h8-11H,2-7H2,1H3,(H,14,15)(H,16,17). The molecule has 1 aliphatic heterocycles. The molecule has 2 unspecified atom stereocenters. The molecule has 0 aromatic carbocycles. The Hall–Kier alpha value is -1.10. The van der Waals surface area contributed by atoms with Crippen molar-refractivity contribution in [1.29, 1.82) is 0 Å². The first-order valence-electron chi connectivity index (χ1n) is 6.72. The molecule has 2 atom stereocenters. The zero-order valence-corrected chi connectivity index (χ0v) is 10.7. The summed E-state index contributed by atoms with van der Waals surface area (Å²) in [6.45, 7) is 2.59. The Morgan fingerprint density at radius 2 is 1.83 bits per heavy atom. The normalized spacial score (nSPS) is 36.3. The van der Waals surface area contributed by atoms with Crippen LogP contribution in [0.5, 0.6) is 0 Å². The quantitative estimate of drug-likeness (QED) is 0.793. The smallest absolute Gasteiger partial charge is 0.306 e. The van der Waals surface area contributed by atoms with Crippen LogP contribution in [0.1, 0.15) is 39.0 Å². The predicted molar refractivity (Wildman–Crippen MR) is 65.0 cm³/mol. The van der Waals surface area contributed by atoms with Crippen LogP contribution < -0.4 is 5.32 Å². The van der Waals surface area contributed by atoms with Gasteiger partial charge in [0.1, 0.15) is 0 Å². The summed E-state index contributed by atoms with van der Waals surface area (Å²) in [5.41, 5.74) is 0. The van der Waals surface area contributed by atoms with E-state index in [-0.39, 0.29) is 29.9 Å². The Bertz CT molecular complexity index is 323. The van der Waals surface area contributed by atoms with Crippen molar-refractivity contribution in [1.82, 2.24) is 5.32 Å². The van der Waals surface area contributed by atoms with Crippen molar-refractivity contribution in [3.8, 4) is 0 Å². The molecule has 0 spiro atoms. The van der Waals surface area contributed by atoms with Crippen LogP contribution in [-0.4, -0.2) is 35.7 Å². The molecule has 18 heavy (non-hydrogen) atoms. The molecule has 0 aromatic heterocycles.